The zero-order valence-corrected chi connectivity index (χ0v) is 12.2. The van der Waals surface area contributed by atoms with Gasteiger partial charge in [0, 0.05) is 18.7 Å². The number of rotatable bonds is 3. The van der Waals surface area contributed by atoms with E-state index in [1.165, 1.54) is 36.1 Å². The Morgan fingerprint density at radius 1 is 1.24 bits per heavy atom. The normalized spacial score (nSPS) is 22.0. The molecule has 2 aliphatic rings. The van der Waals surface area contributed by atoms with Gasteiger partial charge in [-0.3, -0.25) is 4.90 Å². The molecule has 1 atom stereocenters. The molecule has 1 saturated heterocycles. The molecule has 4 rings (SSSR count). The van der Waals surface area contributed by atoms with Gasteiger partial charge in [0.1, 0.15) is 5.69 Å². The van der Waals surface area contributed by atoms with E-state index in [9.17, 15) is 0 Å². The Labute approximate surface area is 125 Å². The minimum atomic E-state index is 0.409. The molecule has 0 radical (unpaired) electrons. The molecule has 1 unspecified atom stereocenters. The molecule has 1 N–H and O–H groups in total. The van der Waals surface area contributed by atoms with Crippen LogP contribution in [0.4, 0.5) is 5.88 Å². The Balaban J connectivity index is 1.59. The second-order valence-electron chi connectivity index (χ2n) is 6.02. The van der Waals surface area contributed by atoms with Crippen LogP contribution in [0.25, 0.3) is 0 Å². The van der Waals surface area contributed by atoms with Crippen LogP contribution in [0.2, 0.25) is 0 Å². The van der Waals surface area contributed by atoms with Crippen molar-refractivity contribution in [2.45, 2.75) is 38.3 Å². The maximum absolute atomic E-state index is 5.47. The number of nitrogens with zero attached hydrogens (tertiary/aromatic N) is 2. The summed E-state index contributed by atoms with van der Waals surface area (Å²) in [4.78, 5) is 2.56. The van der Waals surface area contributed by atoms with Gasteiger partial charge >= 0.3 is 0 Å². The largest absolute Gasteiger partial charge is 0.353 e. The highest BCUT2D eigenvalue weighted by atomic mass is 16.5. The number of piperidine rings is 1. The van der Waals surface area contributed by atoms with Crippen LogP contribution >= 0.6 is 0 Å². The standard InChI is InChI=1S/C17H21N3O/c1-2-6-13(7-3-1)12-20-11-5-4-8-15(20)16-14-9-10-18-17(14)21-19-16/h1-3,6-7,15,18H,4-5,8-12H2. The molecule has 0 saturated carbocycles. The van der Waals surface area contributed by atoms with Crippen molar-refractivity contribution in [2.75, 3.05) is 18.4 Å². The van der Waals surface area contributed by atoms with Gasteiger partial charge in [-0.05, 0) is 31.4 Å². The Bertz CT molecular complexity index is 608. The smallest absolute Gasteiger partial charge is 0.228 e. The van der Waals surface area contributed by atoms with Crippen LogP contribution in [0.15, 0.2) is 34.9 Å². The average molecular weight is 283 g/mol. The van der Waals surface area contributed by atoms with Gasteiger partial charge in [-0.2, -0.15) is 0 Å². The van der Waals surface area contributed by atoms with E-state index in [-0.39, 0.29) is 0 Å². The molecule has 4 heteroatoms. The lowest BCUT2D eigenvalue weighted by Crippen LogP contribution is -2.33. The highest BCUT2D eigenvalue weighted by Gasteiger charge is 2.31. The zero-order valence-electron chi connectivity index (χ0n) is 12.2. The van der Waals surface area contributed by atoms with Gasteiger partial charge in [-0.25, -0.2) is 0 Å². The van der Waals surface area contributed by atoms with Crippen molar-refractivity contribution in [1.29, 1.82) is 0 Å². The van der Waals surface area contributed by atoms with E-state index < -0.39 is 0 Å². The zero-order chi connectivity index (χ0) is 14.1. The van der Waals surface area contributed by atoms with Crippen LogP contribution in [0, 0.1) is 0 Å². The van der Waals surface area contributed by atoms with Gasteiger partial charge in [0.2, 0.25) is 5.88 Å². The molecule has 0 bridgehead atoms. The molecule has 2 aromatic rings. The summed E-state index contributed by atoms with van der Waals surface area (Å²) in [6.07, 6.45) is 4.79. The van der Waals surface area contributed by atoms with Crippen molar-refractivity contribution < 1.29 is 4.52 Å². The third-order valence-corrected chi connectivity index (χ3v) is 4.64. The van der Waals surface area contributed by atoms with Gasteiger partial charge in [0.05, 0.1) is 6.04 Å². The van der Waals surface area contributed by atoms with Crippen LogP contribution in [-0.4, -0.2) is 23.1 Å². The van der Waals surface area contributed by atoms with E-state index in [4.69, 9.17) is 4.52 Å². The van der Waals surface area contributed by atoms with Crippen LogP contribution in [0.1, 0.15) is 42.1 Å². The van der Waals surface area contributed by atoms with Gasteiger partial charge in [-0.1, -0.05) is 41.9 Å². The second-order valence-corrected chi connectivity index (χ2v) is 6.02. The van der Waals surface area contributed by atoms with Crippen LogP contribution in [0.3, 0.4) is 0 Å². The Morgan fingerprint density at radius 3 is 3.05 bits per heavy atom. The van der Waals surface area contributed by atoms with E-state index >= 15 is 0 Å². The minimum absolute atomic E-state index is 0.409. The summed E-state index contributed by atoms with van der Waals surface area (Å²) in [5, 5.41) is 7.65. The van der Waals surface area contributed by atoms with Crippen LogP contribution in [0.5, 0.6) is 0 Å². The number of hydrogen-bond acceptors (Lipinski definition) is 4. The molecule has 2 aliphatic heterocycles. The van der Waals surface area contributed by atoms with Gasteiger partial charge in [0.15, 0.2) is 0 Å². The number of anilines is 1. The summed E-state index contributed by atoms with van der Waals surface area (Å²) >= 11 is 0. The predicted molar refractivity (Wildman–Crippen MR) is 82.1 cm³/mol. The van der Waals surface area contributed by atoms with Gasteiger partial charge in [-0.15, -0.1) is 0 Å². The van der Waals surface area contributed by atoms with E-state index in [0.29, 0.717) is 6.04 Å². The molecule has 0 aliphatic carbocycles. The van der Waals surface area contributed by atoms with Gasteiger partial charge < -0.3 is 9.84 Å². The molecule has 4 nitrogen and oxygen atoms in total. The van der Waals surface area contributed by atoms with Crippen LogP contribution in [-0.2, 0) is 13.0 Å². The third kappa shape index (κ3) is 2.44. The summed E-state index contributed by atoms with van der Waals surface area (Å²) < 4.78 is 5.47. The third-order valence-electron chi connectivity index (χ3n) is 4.64. The SMILES string of the molecule is c1ccc(CN2CCCCC2c2noc3c2CCN3)cc1. The molecular weight excluding hydrogens is 262 g/mol. The number of hydrogen-bond donors (Lipinski definition) is 1. The second kappa shape index (κ2) is 5.53. The average Bonchev–Trinajstić information content (AvgIpc) is 3.12. The van der Waals surface area contributed by atoms with Crippen LogP contribution < -0.4 is 5.32 Å². The minimum Gasteiger partial charge on any atom is -0.353 e. The number of nitrogens with one attached hydrogen (secondary N) is 1. The first-order chi connectivity index (χ1) is 10.4. The van der Waals surface area contributed by atoms with Crippen molar-refractivity contribution in [3.63, 3.8) is 0 Å². The summed E-state index contributed by atoms with van der Waals surface area (Å²) in [6, 6.07) is 11.1. The maximum atomic E-state index is 5.47. The van der Waals surface area contributed by atoms with E-state index in [0.717, 1.165) is 31.9 Å². The molecule has 110 valence electrons. The van der Waals surface area contributed by atoms with E-state index in [1.807, 2.05) is 0 Å². The number of benzene rings is 1. The van der Waals surface area contributed by atoms with E-state index in [1.54, 1.807) is 0 Å². The lowest BCUT2D eigenvalue weighted by Gasteiger charge is -2.34. The molecule has 0 spiro atoms. The van der Waals surface area contributed by atoms with Crippen molar-refractivity contribution >= 4 is 5.88 Å². The molecule has 1 aromatic heterocycles. The lowest BCUT2D eigenvalue weighted by atomic mass is 9.96. The molecule has 1 aromatic carbocycles. The molecular formula is C17H21N3O. The Morgan fingerprint density at radius 2 is 2.14 bits per heavy atom. The molecule has 0 amide bonds. The molecule has 21 heavy (non-hydrogen) atoms. The predicted octanol–water partition coefficient (Wildman–Crippen LogP) is 3.37. The first kappa shape index (κ1) is 12.9. The fraction of sp³-hybridized carbons (Fsp3) is 0.471. The fourth-order valence-corrected chi connectivity index (χ4v) is 3.57. The van der Waals surface area contributed by atoms with Crippen molar-refractivity contribution in [3.05, 3.63) is 47.2 Å². The lowest BCUT2D eigenvalue weighted by molar-refractivity contribution is 0.133. The Hall–Kier alpha value is -1.81. The Kier molecular flexibility index (Phi) is 3.39. The van der Waals surface area contributed by atoms with Gasteiger partial charge in [0.25, 0.3) is 0 Å². The number of fused-ring (bicyclic) bond motifs is 1. The monoisotopic (exact) mass is 283 g/mol. The van der Waals surface area contributed by atoms with Crippen molar-refractivity contribution in [1.82, 2.24) is 10.1 Å². The summed E-state index contributed by atoms with van der Waals surface area (Å²) in [6.45, 7) is 3.13. The van der Waals surface area contributed by atoms with Crippen molar-refractivity contribution in [2.24, 2.45) is 0 Å². The number of likely N-dealkylation sites (tertiary alicyclic amines) is 1. The summed E-state index contributed by atoms with van der Waals surface area (Å²) in [5.41, 5.74) is 3.85. The maximum Gasteiger partial charge on any atom is 0.228 e. The topological polar surface area (TPSA) is 41.3 Å². The first-order valence-corrected chi connectivity index (χ1v) is 7.92. The summed E-state index contributed by atoms with van der Waals surface area (Å²) in [5.74, 6) is 0.898. The number of aromatic nitrogens is 1. The van der Waals surface area contributed by atoms with E-state index in [2.05, 4.69) is 45.7 Å². The fourth-order valence-electron chi connectivity index (χ4n) is 3.57. The first-order valence-electron chi connectivity index (χ1n) is 7.92. The summed E-state index contributed by atoms with van der Waals surface area (Å²) in [7, 11) is 0. The highest BCUT2D eigenvalue weighted by Crippen LogP contribution is 2.37. The van der Waals surface area contributed by atoms with Crippen molar-refractivity contribution in [3.8, 4) is 0 Å². The highest BCUT2D eigenvalue weighted by molar-refractivity contribution is 5.49. The quantitative estimate of drug-likeness (QED) is 0.937. The molecule has 1 fully saturated rings. The molecule has 3 heterocycles.